The summed E-state index contributed by atoms with van der Waals surface area (Å²) in [5.41, 5.74) is 7.76. The molecule has 0 radical (unpaired) electrons. The maximum atomic E-state index is 13.5. The third kappa shape index (κ3) is 1.52. The highest BCUT2D eigenvalue weighted by molar-refractivity contribution is 5.81. The molecule has 0 spiro atoms. The van der Waals surface area contributed by atoms with Gasteiger partial charge >= 0.3 is 0 Å². The van der Waals surface area contributed by atoms with Crippen LogP contribution < -0.4 is 5.73 Å². The lowest BCUT2D eigenvalue weighted by atomic mass is 10.3. The number of fused-ring (bicyclic) bond motifs is 1. The average Bonchev–Trinajstić information content (AvgIpc) is 2.75. The number of nitrogen functional groups attached to an aromatic ring is 1. The molecule has 5 heteroatoms. The standard InChI is InChI=1S/C12H9FN4/c13-7-3-1-5-9-10(7)17-12(16-9)11-8(14)4-2-6-15-11/h1-6H,14H2,(H,16,17). The Morgan fingerprint density at radius 2 is 2.06 bits per heavy atom. The van der Waals surface area contributed by atoms with Crippen LogP contribution >= 0.6 is 0 Å². The summed E-state index contributed by atoms with van der Waals surface area (Å²) in [5, 5.41) is 0. The Labute approximate surface area is 96.3 Å². The highest BCUT2D eigenvalue weighted by Gasteiger charge is 2.11. The van der Waals surface area contributed by atoms with Gasteiger partial charge in [-0.3, -0.25) is 4.98 Å². The molecule has 0 atom stereocenters. The van der Waals surface area contributed by atoms with Crippen molar-refractivity contribution in [1.29, 1.82) is 0 Å². The molecule has 0 aliphatic heterocycles. The molecule has 2 aromatic heterocycles. The van der Waals surface area contributed by atoms with Crippen LogP contribution in [0.4, 0.5) is 10.1 Å². The number of rotatable bonds is 1. The number of para-hydroxylation sites is 1. The van der Waals surface area contributed by atoms with Crippen molar-refractivity contribution in [3.63, 3.8) is 0 Å². The molecule has 0 aliphatic carbocycles. The molecule has 1 aromatic carbocycles. The fourth-order valence-corrected chi connectivity index (χ4v) is 1.72. The number of nitrogens with zero attached hydrogens (tertiary/aromatic N) is 2. The van der Waals surface area contributed by atoms with Crippen LogP contribution in [-0.4, -0.2) is 15.0 Å². The normalized spacial score (nSPS) is 10.9. The van der Waals surface area contributed by atoms with E-state index in [0.717, 1.165) is 0 Å². The summed E-state index contributed by atoms with van der Waals surface area (Å²) in [5.74, 6) is 0.114. The van der Waals surface area contributed by atoms with Gasteiger partial charge in [0.1, 0.15) is 11.2 Å². The number of nitrogens with one attached hydrogen (secondary N) is 1. The van der Waals surface area contributed by atoms with Gasteiger partial charge in [0.25, 0.3) is 0 Å². The molecular formula is C12H9FN4. The summed E-state index contributed by atoms with van der Waals surface area (Å²) < 4.78 is 13.5. The molecule has 0 unspecified atom stereocenters. The van der Waals surface area contributed by atoms with Gasteiger partial charge in [-0.15, -0.1) is 0 Å². The second-order valence-corrected chi connectivity index (χ2v) is 3.66. The Morgan fingerprint density at radius 3 is 2.82 bits per heavy atom. The number of benzene rings is 1. The van der Waals surface area contributed by atoms with Crippen LogP contribution in [0.5, 0.6) is 0 Å². The van der Waals surface area contributed by atoms with Crippen molar-refractivity contribution in [3.05, 3.63) is 42.3 Å². The second-order valence-electron chi connectivity index (χ2n) is 3.66. The van der Waals surface area contributed by atoms with Crippen molar-refractivity contribution in [2.24, 2.45) is 0 Å². The average molecular weight is 228 g/mol. The van der Waals surface area contributed by atoms with Gasteiger partial charge in [0.15, 0.2) is 11.6 Å². The molecular weight excluding hydrogens is 219 g/mol. The van der Waals surface area contributed by atoms with Crippen molar-refractivity contribution in [2.45, 2.75) is 0 Å². The minimum Gasteiger partial charge on any atom is -0.397 e. The van der Waals surface area contributed by atoms with E-state index in [2.05, 4.69) is 15.0 Å². The van der Waals surface area contributed by atoms with Crippen molar-refractivity contribution < 1.29 is 4.39 Å². The maximum Gasteiger partial charge on any atom is 0.159 e. The second kappa shape index (κ2) is 3.55. The zero-order valence-corrected chi connectivity index (χ0v) is 8.81. The van der Waals surface area contributed by atoms with Gasteiger partial charge in [0.05, 0.1) is 11.2 Å². The zero-order valence-electron chi connectivity index (χ0n) is 8.81. The van der Waals surface area contributed by atoms with Crippen molar-refractivity contribution in [2.75, 3.05) is 5.73 Å². The van der Waals surface area contributed by atoms with Gasteiger partial charge in [-0.2, -0.15) is 0 Å². The van der Waals surface area contributed by atoms with Gasteiger partial charge in [0, 0.05) is 6.20 Å². The van der Waals surface area contributed by atoms with E-state index in [1.807, 2.05) is 0 Å². The van der Waals surface area contributed by atoms with E-state index < -0.39 is 0 Å². The Hall–Kier alpha value is -2.43. The number of H-pyrrole nitrogens is 1. The fourth-order valence-electron chi connectivity index (χ4n) is 1.72. The number of pyridine rings is 1. The number of anilines is 1. The first-order valence-corrected chi connectivity index (χ1v) is 5.11. The summed E-state index contributed by atoms with van der Waals surface area (Å²) in [6.45, 7) is 0. The monoisotopic (exact) mass is 228 g/mol. The van der Waals surface area contributed by atoms with E-state index in [4.69, 9.17) is 5.73 Å². The number of aromatic nitrogens is 3. The number of nitrogens with two attached hydrogens (primary N) is 1. The first-order valence-electron chi connectivity index (χ1n) is 5.11. The molecule has 0 saturated carbocycles. The maximum absolute atomic E-state index is 13.5. The molecule has 3 aromatic rings. The van der Waals surface area contributed by atoms with Crippen molar-refractivity contribution in [3.8, 4) is 11.5 Å². The summed E-state index contributed by atoms with van der Waals surface area (Å²) in [6.07, 6.45) is 1.62. The molecule has 2 heterocycles. The van der Waals surface area contributed by atoms with E-state index >= 15 is 0 Å². The number of imidazole rings is 1. The lowest BCUT2D eigenvalue weighted by Gasteiger charge is -1.98. The number of hydrogen-bond donors (Lipinski definition) is 2. The highest BCUT2D eigenvalue weighted by Crippen LogP contribution is 2.24. The van der Waals surface area contributed by atoms with E-state index in [0.29, 0.717) is 28.2 Å². The van der Waals surface area contributed by atoms with E-state index in [1.165, 1.54) is 6.07 Å². The molecule has 0 fully saturated rings. The smallest absolute Gasteiger partial charge is 0.159 e. The molecule has 4 nitrogen and oxygen atoms in total. The summed E-state index contributed by atoms with van der Waals surface area (Å²) >= 11 is 0. The first kappa shape index (κ1) is 9.77. The van der Waals surface area contributed by atoms with Gasteiger partial charge in [-0.25, -0.2) is 9.37 Å². The molecule has 3 rings (SSSR count). The van der Waals surface area contributed by atoms with Gasteiger partial charge in [-0.05, 0) is 24.3 Å². The summed E-state index contributed by atoms with van der Waals surface area (Å²) in [6, 6.07) is 8.22. The van der Waals surface area contributed by atoms with Gasteiger partial charge in [-0.1, -0.05) is 6.07 Å². The Bertz CT molecular complexity index is 690. The number of halogens is 1. The molecule has 17 heavy (non-hydrogen) atoms. The Morgan fingerprint density at radius 1 is 1.18 bits per heavy atom. The van der Waals surface area contributed by atoms with Crippen molar-refractivity contribution in [1.82, 2.24) is 15.0 Å². The Kier molecular flexibility index (Phi) is 2.04. The lowest BCUT2D eigenvalue weighted by molar-refractivity contribution is 0.637. The van der Waals surface area contributed by atoms with Crippen LogP contribution in [0.25, 0.3) is 22.6 Å². The van der Waals surface area contributed by atoms with Crippen LogP contribution in [0.3, 0.4) is 0 Å². The molecule has 0 amide bonds. The largest absolute Gasteiger partial charge is 0.397 e. The predicted octanol–water partition coefficient (Wildman–Crippen LogP) is 2.35. The molecule has 3 N–H and O–H groups in total. The summed E-state index contributed by atoms with van der Waals surface area (Å²) in [4.78, 5) is 11.3. The van der Waals surface area contributed by atoms with Crippen LogP contribution in [0.2, 0.25) is 0 Å². The third-order valence-corrected chi connectivity index (χ3v) is 2.53. The highest BCUT2D eigenvalue weighted by atomic mass is 19.1. The van der Waals surface area contributed by atoms with E-state index in [9.17, 15) is 4.39 Å². The quantitative estimate of drug-likeness (QED) is 0.671. The topological polar surface area (TPSA) is 67.6 Å². The SMILES string of the molecule is Nc1cccnc1-c1nc2c(F)cccc2[nH]1. The van der Waals surface area contributed by atoms with Crippen LogP contribution in [0, 0.1) is 5.82 Å². The Balaban J connectivity index is 2.26. The van der Waals surface area contributed by atoms with Crippen LogP contribution in [0.1, 0.15) is 0 Å². The van der Waals surface area contributed by atoms with Crippen molar-refractivity contribution >= 4 is 16.7 Å². The van der Waals surface area contributed by atoms with E-state index in [-0.39, 0.29) is 5.82 Å². The number of hydrogen-bond acceptors (Lipinski definition) is 3. The minimum absolute atomic E-state index is 0.299. The van der Waals surface area contributed by atoms with Crippen LogP contribution in [0.15, 0.2) is 36.5 Å². The predicted molar refractivity (Wildman–Crippen MR) is 63.7 cm³/mol. The number of aromatic amines is 1. The molecule has 0 aliphatic rings. The first-order chi connectivity index (χ1) is 8.25. The fraction of sp³-hybridized carbons (Fsp3) is 0. The summed E-state index contributed by atoms with van der Waals surface area (Å²) in [7, 11) is 0. The zero-order chi connectivity index (χ0) is 11.8. The molecule has 0 saturated heterocycles. The third-order valence-electron chi connectivity index (χ3n) is 2.53. The minimum atomic E-state index is -0.362. The lowest BCUT2D eigenvalue weighted by Crippen LogP contribution is -1.93. The van der Waals surface area contributed by atoms with Gasteiger partial charge in [0.2, 0.25) is 0 Å². The van der Waals surface area contributed by atoms with Gasteiger partial charge < -0.3 is 10.7 Å². The molecule has 0 bridgehead atoms. The van der Waals surface area contributed by atoms with Crippen LogP contribution in [-0.2, 0) is 0 Å². The van der Waals surface area contributed by atoms with E-state index in [1.54, 1.807) is 30.5 Å². The molecule has 84 valence electrons.